The fourth-order valence-electron chi connectivity index (χ4n) is 6.68. The van der Waals surface area contributed by atoms with Crippen molar-refractivity contribution in [2.75, 3.05) is 31.7 Å². The molecule has 3 aromatic rings. The number of methoxy groups -OCH3 is 1. The van der Waals surface area contributed by atoms with Crippen LogP contribution in [0.4, 0.5) is 10.1 Å². The largest absolute Gasteiger partial charge is 0.508 e. The van der Waals surface area contributed by atoms with E-state index in [0.29, 0.717) is 30.6 Å². The number of hydrogen-bond acceptors (Lipinski definition) is 5. The molecule has 2 aliphatic carbocycles. The van der Waals surface area contributed by atoms with E-state index in [4.69, 9.17) is 9.47 Å². The first kappa shape index (κ1) is 30.2. The summed E-state index contributed by atoms with van der Waals surface area (Å²) >= 11 is 0. The van der Waals surface area contributed by atoms with Crippen molar-refractivity contribution in [1.29, 1.82) is 0 Å². The van der Waals surface area contributed by atoms with Gasteiger partial charge in [0.15, 0.2) is 11.6 Å². The summed E-state index contributed by atoms with van der Waals surface area (Å²) in [6, 6.07) is 17.6. The van der Waals surface area contributed by atoms with Gasteiger partial charge in [0, 0.05) is 30.9 Å². The average Bonchev–Trinajstić information content (AvgIpc) is 3.00. The molecule has 226 valence electrons. The van der Waals surface area contributed by atoms with Gasteiger partial charge < -0.3 is 24.8 Å². The number of nitrogens with zero attached hydrogens (tertiary/aromatic N) is 1. The van der Waals surface area contributed by atoms with Gasteiger partial charge in [-0.05, 0) is 117 Å². The molecular weight excluding hydrogens is 527 g/mol. The summed E-state index contributed by atoms with van der Waals surface area (Å²) in [5.41, 5.74) is 5.84. The maximum atomic E-state index is 15.2. The summed E-state index contributed by atoms with van der Waals surface area (Å²) in [6.07, 6.45) is 9.55. The van der Waals surface area contributed by atoms with E-state index in [2.05, 4.69) is 42.3 Å². The molecule has 2 aliphatic rings. The molecule has 1 unspecified atom stereocenters. The van der Waals surface area contributed by atoms with E-state index in [9.17, 15) is 5.11 Å². The van der Waals surface area contributed by atoms with Crippen molar-refractivity contribution >= 4 is 5.69 Å². The normalized spacial score (nSPS) is 17.2. The zero-order chi connectivity index (χ0) is 29.5. The van der Waals surface area contributed by atoms with Crippen LogP contribution in [0.1, 0.15) is 80.5 Å². The number of anilines is 1. The molecule has 42 heavy (non-hydrogen) atoms. The molecule has 2 N–H and O–H groups in total. The van der Waals surface area contributed by atoms with Gasteiger partial charge >= 0.3 is 0 Å². The van der Waals surface area contributed by atoms with E-state index in [0.717, 1.165) is 55.3 Å². The first-order chi connectivity index (χ1) is 20.4. The number of ether oxygens (including phenoxy) is 2. The van der Waals surface area contributed by atoms with Crippen LogP contribution in [0.15, 0.2) is 54.6 Å². The summed E-state index contributed by atoms with van der Waals surface area (Å²) in [5.74, 6) is 2.26. The van der Waals surface area contributed by atoms with Crippen LogP contribution in [-0.4, -0.2) is 38.0 Å². The fraction of sp³-hybridized carbons (Fsp3) is 0.500. The Morgan fingerprint density at radius 3 is 2.57 bits per heavy atom. The second-order valence-corrected chi connectivity index (χ2v) is 12.4. The molecule has 0 aromatic heterocycles. The van der Waals surface area contributed by atoms with Crippen molar-refractivity contribution in [3.8, 4) is 17.2 Å². The Balaban J connectivity index is 1.26. The summed E-state index contributed by atoms with van der Waals surface area (Å²) in [5, 5.41) is 13.4. The summed E-state index contributed by atoms with van der Waals surface area (Å²) in [6.45, 7) is 7.14. The second-order valence-electron chi connectivity index (χ2n) is 12.4. The Morgan fingerprint density at radius 1 is 0.976 bits per heavy atom. The van der Waals surface area contributed by atoms with Crippen LogP contribution in [0.3, 0.4) is 0 Å². The monoisotopic (exact) mass is 574 g/mol. The number of nitrogens with one attached hydrogen (secondary N) is 1. The van der Waals surface area contributed by atoms with Crippen molar-refractivity contribution in [3.63, 3.8) is 0 Å². The fourth-order valence-corrected chi connectivity index (χ4v) is 6.68. The molecule has 6 heteroatoms. The van der Waals surface area contributed by atoms with E-state index >= 15 is 4.39 Å². The number of fused-ring (bicyclic) bond motifs is 1. The Morgan fingerprint density at radius 2 is 1.81 bits per heavy atom. The number of benzene rings is 3. The summed E-state index contributed by atoms with van der Waals surface area (Å²) in [7, 11) is 1.70. The number of rotatable bonds is 12. The highest BCUT2D eigenvalue weighted by Crippen LogP contribution is 2.41. The third-order valence-corrected chi connectivity index (χ3v) is 9.07. The van der Waals surface area contributed by atoms with Gasteiger partial charge in [-0.2, -0.15) is 0 Å². The first-order valence-electron chi connectivity index (χ1n) is 15.8. The SMILES string of the molecule is COc1ccc(C2CCc3cc(O)ccc3C2)c(N(Cc2ccc(OCCNCC3CCCCC3)c(F)c2)C(C)C)c1. The number of hydrogen-bond donors (Lipinski definition) is 2. The van der Waals surface area contributed by atoms with Gasteiger partial charge in [-0.1, -0.05) is 37.5 Å². The van der Waals surface area contributed by atoms with Crippen LogP contribution in [0, 0.1) is 11.7 Å². The second kappa shape index (κ2) is 14.3. The minimum atomic E-state index is -0.318. The number of phenols is 1. The zero-order valence-electron chi connectivity index (χ0n) is 25.5. The molecule has 1 atom stereocenters. The topological polar surface area (TPSA) is 54.0 Å². The molecule has 0 spiro atoms. The van der Waals surface area contributed by atoms with Gasteiger partial charge in [0.1, 0.15) is 18.1 Å². The van der Waals surface area contributed by atoms with Crippen LogP contribution in [0.2, 0.25) is 0 Å². The van der Waals surface area contributed by atoms with Gasteiger partial charge in [-0.15, -0.1) is 0 Å². The summed E-state index contributed by atoms with van der Waals surface area (Å²) < 4.78 is 26.6. The lowest BCUT2D eigenvalue weighted by Gasteiger charge is -2.35. The lowest BCUT2D eigenvalue weighted by molar-refractivity contribution is 0.284. The van der Waals surface area contributed by atoms with Crippen LogP contribution in [0.25, 0.3) is 0 Å². The maximum Gasteiger partial charge on any atom is 0.165 e. The van der Waals surface area contributed by atoms with Gasteiger partial charge in [-0.3, -0.25) is 0 Å². The molecule has 0 heterocycles. The summed E-state index contributed by atoms with van der Waals surface area (Å²) in [4.78, 5) is 2.34. The molecular formula is C36H47FN2O3. The quantitative estimate of drug-likeness (QED) is 0.216. The van der Waals surface area contributed by atoms with Crippen LogP contribution < -0.4 is 19.7 Å². The third kappa shape index (κ3) is 7.57. The van der Waals surface area contributed by atoms with Crippen molar-refractivity contribution in [3.05, 3.63) is 82.7 Å². The molecule has 0 saturated heterocycles. The van der Waals surface area contributed by atoms with Crippen molar-refractivity contribution in [1.82, 2.24) is 5.32 Å². The molecule has 1 saturated carbocycles. The van der Waals surface area contributed by atoms with Gasteiger partial charge in [0.05, 0.1) is 7.11 Å². The smallest absolute Gasteiger partial charge is 0.165 e. The van der Waals surface area contributed by atoms with Crippen molar-refractivity contribution in [2.45, 2.75) is 83.7 Å². The molecule has 5 nitrogen and oxygen atoms in total. The van der Waals surface area contributed by atoms with Gasteiger partial charge in [-0.25, -0.2) is 4.39 Å². The first-order valence-corrected chi connectivity index (χ1v) is 15.8. The average molecular weight is 575 g/mol. The Kier molecular flexibility index (Phi) is 10.3. The van der Waals surface area contributed by atoms with E-state index < -0.39 is 0 Å². The number of halogens is 1. The number of aryl methyl sites for hydroxylation is 1. The minimum Gasteiger partial charge on any atom is -0.508 e. The van der Waals surface area contributed by atoms with Gasteiger partial charge in [0.2, 0.25) is 0 Å². The van der Waals surface area contributed by atoms with Gasteiger partial charge in [0.25, 0.3) is 0 Å². The lowest BCUT2D eigenvalue weighted by atomic mass is 9.79. The zero-order valence-corrected chi connectivity index (χ0v) is 25.5. The minimum absolute atomic E-state index is 0.193. The molecule has 0 bridgehead atoms. The highest BCUT2D eigenvalue weighted by atomic mass is 19.1. The molecule has 0 radical (unpaired) electrons. The predicted molar refractivity (Wildman–Crippen MR) is 169 cm³/mol. The molecule has 0 amide bonds. The van der Waals surface area contributed by atoms with Crippen molar-refractivity contribution in [2.24, 2.45) is 5.92 Å². The van der Waals surface area contributed by atoms with E-state index in [1.54, 1.807) is 25.3 Å². The predicted octanol–water partition coefficient (Wildman–Crippen LogP) is 7.78. The van der Waals surface area contributed by atoms with Crippen LogP contribution in [-0.2, 0) is 19.4 Å². The van der Waals surface area contributed by atoms with E-state index in [-0.39, 0.29) is 11.9 Å². The lowest BCUT2D eigenvalue weighted by Crippen LogP contribution is -2.32. The number of aromatic hydroxyl groups is 1. The van der Waals surface area contributed by atoms with E-state index in [1.165, 1.54) is 48.8 Å². The highest BCUT2D eigenvalue weighted by molar-refractivity contribution is 5.60. The van der Waals surface area contributed by atoms with Crippen molar-refractivity contribution < 1.29 is 19.0 Å². The maximum absolute atomic E-state index is 15.2. The Labute approximate surface area is 251 Å². The number of phenolic OH excluding ortho intramolecular Hbond substituents is 1. The molecule has 5 rings (SSSR count). The Bertz CT molecular complexity index is 1320. The molecule has 0 aliphatic heterocycles. The standard InChI is InChI=1S/C36H47FN2O3/c1-25(2)39(24-27-9-16-36(34(37)19-27)42-18-17-38-23-26-7-5-4-6-8-26)35-22-32(41-3)14-15-33(35)30-11-10-29-21-31(40)13-12-28(29)20-30/h9,12-16,19,21-22,25-26,30,38,40H,4-8,10-11,17-18,20,23-24H2,1-3H3. The van der Waals surface area contributed by atoms with E-state index in [1.807, 2.05) is 18.2 Å². The van der Waals surface area contributed by atoms with Crippen LogP contribution in [0.5, 0.6) is 17.2 Å². The Hall–Kier alpha value is -3.25. The highest BCUT2D eigenvalue weighted by Gasteiger charge is 2.26. The third-order valence-electron chi connectivity index (χ3n) is 9.07. The molecule has 3 aromatic carbocycles. The van der Waals surface area contributed by atoms with Crippen LogP contribution >= 0.6 is 0 Å². The molecule has 1 fully saturated rings.